The van der Waals surface area contributed by atoms with Gasteiger partial charge < -0.3 is 10.8 Å². The number of nitrogens with two attached hydrogens (primary N) is 1. The molecule has 0 bridgehead atoms. The van der Waals surface area contributed by atoms with Gasteiger partial charge in [-0.2, -0.15) is 0 Å². The van der Waals surface area contributed by atoms with Crippen LogP contribution in [0.3, 0.4) is 0 Å². The Morgan fingerprint density at radius 2 is 2.06 bits per heavy atom. The highest BCUT2D eigenvalue weighted by molar-refractivity contribution is 8.00. The van der Waals surface area contributed by atoms with E-state index in [-0.39, 0.29) is 17.2 Å². The van der Waals surface area contributed by atoms with Crippen LogP contribution in [0, 0.1) is 12.3 Å². The van der Waals surface area contributed by atoms with Crippen LogP contribution in [-0.4, -0.2) is 22.3 Å². The van der Waals surface area contributed by atoms with E-state index in [2.05, 4.69) is 0 Å². The van der Waals surface area contributed by atoms with Gasteiger partial charge >= 0.3 is 0 Å². The molecule has 1 rings (SSSR count). The summed E-state index contributed by atoms with van der Waals surface area (Å²) in [5, 5.41) is 17.1. The van der Waals surface area contributed by atoms with Crippen LogP contribution in [0.15, 0.2) is 23.1 Å². The van der Waals surface area contributed by atoms with Gasteiger partial charge in [0.05, 0.1) is 6.10 Å². The fourth-order valence-electron chi connectivity index (χ4n) is 1.25. The van der Waals surface area contributed by atoms with Gasteiger partial charge in [-0.05, 0) is 31.5 Å². The van der Waals surface area contributed by atoms with E-state index in [0.717, 1.165) is 16.0 Å². The number of hydrogen-bond acceptors (Lipinski definition) is 3. The number of rotatable bonds is 4. The van der Waals surface area contributed by atoms with Gasteiger partial charge in [-0.3, -0.25) is 5.41 Å². The van der Waals surface area contributed by atoms with E-state index in [0.29, 0.717) is 0 Å². The lowest BCUT2D eigenvalue weighted by molar-refractivity contribution is 0.196. The molecule has 4 heteroatoms. The van der Waals surface area contributed by atoms with Gasteiger partial charge in [0.15, 0.2) is 0 Å². The number of nitrogens with one attached hydrogen (secondary N) is 1. The Kier molecular flexibility index (Phi) is 4.38. The predicted molar refractivity (Wildman–Crippen MR) is 69.2 cm³/mol. The van der Waals surface area contributed by atoms with Crippen LogP contribution in [0.2, 0.25) is 0 Å². The van der Waals surface area contributed by atoms with Gasteiger partial charge in [0, 0.05) is 15.7 Å². The maximum atomic E-state index is 9.48. The van der Waals surface area contributed by atoms with E-state index in [1.165, 1.54) is 0 Å². The summed E-state index contributed by atoms with van der Waals surface area (Å²) in [7, 11) is 0. The normalized spacial score (nSPS) is 14.5. The van der Waals surface area contributed by atoms with Crippen molar-refractivity contribution in [3.8, 4) is 0 Å². The summed E-state index contributed by atoms with van der Waals surface area (Å²) in [4.78, 5) is 0.959. The van der Waals surface area contributed by atoms with Crippen molar-refractivity contribution >= 4 is 17.6 Å². The van der Waals surface area contributed by atoms with Crippen LogP contribution >= 0.6 is 11.8 Å². The fraction of sp³-hybridized carbons (Fsp3) is 0.417. The standard InChI is InChI=1S/C12H18N2OS/c1-7-4-5-10(12(13)14)11(6-7)16-9(3)8(2)15/h4-6,8-9,15H,1-3H3,(H3,13,14). The second-order valence-corrected chi connectivity index (χ2v) is 5.40. The maximum absolute atomic E-state index is 9.48. The smallest absolute Gasteiger partial charge is 0.123 e. The maximum Gasteiger partial charge on any atom is 0.123 e. The topological polar surface area (TPSA) is 70.1 Å². The van der Waals surface area contributed by atoms with Crippen LogP contribution in [0.1, 0.15) is 25.0 Å². The van der Waals surface area contributed by atoms with Crippen LogP contribution in [0.4, 0.5) is 0 Å². The Labute approximate surface area is 101 Å². The lowest BCUT2D eigenvalue weighted by atomic mass is 10.1. The molecule has 0 saturated heterocycles. The quantitative estimate of drug-likeness (QED) is 0.427. The minimum atomic E-state index is -0.384. The molecule has 2 unspecified atom stereocenters. The van der Waals surface area contributed by atoms with Crippen LogP contribution in [0.25, 0.3) is 0 Å². The van der Waals surface area contributed by atoms with Crippen molar-refractivity contribution in [3.63, 3.8) is 0 Å². The third-order valence-electron chi connectivity index (χ3n) is 2.42. The van der Waals surface area contributed by atoms with E-state index in [1.807, 2.05) is 32.0 Å². The highest BCUT2D eigenvalue weighted by Gasteiger charge is 2.14. The molecule has 0 fully saturated rings. The largest absolute Gasteiger partial charge is 0.392 e. The van der Waals surface area contributed by atoms with Gasteiger partial charge in [-0.25, -0.2) is 0 Å². The van der Waals surface area contributed by atoms with Gasteiger partial charge in [-0.1, -0.05) is 13.0 Å². The van der Waals surface area contributed by atoms with E-state index in [4.69, 9.17) is 11.1 Å². The summed E-state index contributed by atoms with van der Waals surface area (Å²) in [5.41, 5.74) is 7.39. The molecule has 0 radical (unpaired) electrons. The zero-order valence-electron chi connectivity index (χ0n) is 9.82. The highest BCUT2D eigenvalue weighted by Crippen LogP contribution is 2.29. The molecule has 0 amide bonds. The predicted octanol–water partition coefficient (Wildman–Crippen LogP) is 2.14. The molecule has 0 spiro atoms. The van der Waals surface area contributed by atoms with Gasteiger partial charge in [0.25, 0.3) is 0 Å². The molecule has 88 valence electrons. The summed E-state index contributed by atoms with van der Waals surface area (Å²) in [6, 6.07) is 5.79. The molecule has 0 heterocycles. The first-order valence-corrected chi connectivity index (χ1v) is 6.09. The average Bonchev–Trinajstić information content (AvgIpc) is 2.16. The molecule has 0 saturated carbocycles. The number of nitrogen functional groups attached to an aromatic ring is 1. The van der Waals surface area contributed by atoms with E-state index < -0.39 is 0 Å². The number of hydrogen-bond donors (Lipinski definition) is 3. The number of benzene rings is 1. The molecule has 0 aliphatic carbocycles. The molecule has 4 N–H and O–H groups in total. The second-order valence-electron chi connectivity index (χ2n) is 3.98. The Morgan fingerprint density at radius 1 is 1.44 bits per heavy atom. The first kappa shape index (κ1) is 13.1. The van der Waals surface area contributed by atoms with Crippen LogP contribution in [-0.2, 0) is 0 Å². The van der Waals surface area contributed by atoms with Gasteiger partial charge in [0.2, 0.25) is 0 Å². The molecular formula is C12H18N2OS. The van der Waals surface area contributed by atoms with Crippen molar-refractivity contribution in [1.29, 1.82) is 5.41 Å². The highest BCUT2D eigenvalue weighted by atomic mass is 32.2. The lowest BCUT2D eigenvalue weighted by Crippen LogP contribution is -2.17. The Balaban J connectivity index is 3.01. The van der Waals surface area contributed by atoms with Crippen molar-refractivity contribution < 1.29 is 5.11 Å². The minimum Gasteiger partial charge on any atom is -0.392 e. The zero-order chi connectivity index (χ0) is 12.3. The van der Waals surface area contributed by atoms with Crippen molar-refractivity contribution in [2.45, 2.75) is 37.0 Å². The first-order valence-electron chi connectivity index (χ1n) is 5.21. The second kappa shape index (κ2) is 5.37. The Bertz CT molecular complexity index is 391. The third-order valence-corrected chi connectivity index (χ3v) is 3.78. The molecule has 0 aliphatic rings. The molecular weight excluding hydrogens is 220 g/mol. The van der Waals surface area contributed by atoms with E-state index >= 15 is 0 Å². The summed E-state index contributed by atoms with van der Waals surface area (Å²) >= 11 is 1.55. The fourth-order valence-corrected chi connectivity index (χ4v) is 2.40. The lowest BCUT2D eigenvalue weighted by Gasteiger charge is -2.16. The van der Waals surface area contributed by atoms with Gasteiger partial charge in [0.1, 0.15) is 5.84 Å². The molecule has 0 aliphatic heterocycles. The van der Waals surface area contributed by atoms with E-state index in [9.17, 15) is 5.11 Å². The zero-order valence-corrected chi connectivity index (χ0v) is 10.6. The average molecular weight is 238 g/mol. The summed E-state index contributed by atoms with van der Waals surface area (Å²) in [5.74, 6) is 0.0697. The molecule has 2 atom stereocenters. The SMILES string of the molecule is Cc1ccc(C(=N)N)c(SC(C)C(C)O)c1. The first-order chi connectivity index (χ1) is 7.41. The van der Waals surface area contributed by atoms with Gasteiger partial charge in [-0.15, -0.1) is 11.8 Å². The number of amidine groups is 1. The minimum absolute atomic E-state index is 0.0697. The number of aliphatic hydroxyl groups excluding tert-OH is 1. The van der Waals surface area contributed by atoms with Crippen LogP contribution < -0.4 is 5.73 Å². The number of aryl methyl sites for hydroxylation is 1. The molecule has 0 aromatic heterocycles. The Morgan fingerprint density at radius 3 is 2.56 bits per heavy atom. The van der Waals surface area contributed by atoms with Crippen molar-refractivity contribution in [3.05, 3.63) is 29.3 Å². The summed E-state index contributed by atoms with van der Waals surface area (Å²) in [6.45, 7) is 5.73. The number of aliphatic hydroxyl groups is 1. The van der Waals surface area contributed by atoms with Crippen molar-refractivity contribution in [2.24, 2.45) is 5.73 Å². The van der Waals surface area contributed by atoms with E-state index in [1.54, 1.807) is 18.7 Å². The van der Waals surface area contributed by atoms with Crippen molar-refractivity contribution in [2.75, 3.05) is 0 Å². The molecule has 1 aromatic carbocycles. The molecule has 3 nitrogen and oxygen atoms in total. The summed E-state index contributed by atoms with van der Waals surface area (Å²) < 4.78 is 0. The third kappa shape index (κ3) is 3.25. The molecule has 1 aromatic rings. The Hall–Kier alpha value is -1.00. The van der Waals surface area contributed by atoms with Crippen LogP contribution in [0.5, 0.6) is 0 Å². The monoisotopic (exact) mass is 238 g/mol. The van der Waals surface area contributed by atoms with Crippen molar-refractivity contribution in [1.82, 2.24) is 0 Å². The summed E-state index contributed by atoms with van der Waals surface area (Å²) in [6.07, 6.45) is -0.384. The number of thioether (sulfide) groups is 1. The molecule has 16 heavy (non-hydrogen) atoms.